The zero-order valence-electron chi connectivity index (χ0n) is 11.2. The van der Waals surface area contributed by atoms with Crippen LogP contribution < -0.4 is 10.5 Å². The van der Waals surface area contributed by atoms with Gasteiger partial charge in [0.2, 0.25) is 0 Å². The van der Waals surface area contributed by atoms with Crippen LogP contribution in [0, 0.1) is 5.92 Å². The molecule has 0 unspecified atom stereocenters. The summed E-state index contributed by atoms with van der Waals surface area (Å²) in [6.07, 6.45) is 6.64. The van der Waals surface area contributed by atoms with Crippen molar-refractivity contribution in [1.82, 2.24) is 0 Å². The number of hydrogen-bond acceptors (Lipinski definition) is 3. The molecule has 18 heavy (non-hydrogen) atoms. The van der Waals surface area contributed by atoms with E-state index in [-0.39, 0.29) is 0 Å². The molecule has 1 aliphatic carbocycles. The van der Waals surface area contributed by atoms with Crippen LogP contribution in [0.25, 0.3) is 0 Å². The van der Waals surface area contributed by atoms with Crippen molar-refractivity contribution in [1.29, 1.82) is 0 Å². The molecule has 1 saturated carbocycles. The van der Waals surface area contributed by atoms with Crippen molar-refractivity contribution >= 4 is 17.4 Å². The summed E-state index contributed by atoms with van der Waals surface area (Å²) in [4.78, 5) is 1.24. The SMILES string of the molecule is CCCOc1cc(N)cc(SCC2CCCC2)c1. The molecule has 0 heterocycles. The van der Waals surface area contributed by atoms with Crippen molar-refractivity contribution in [3.8, 4) is 5.75 Å². The molecule has 2 nitrogen and oxygen atoms in total. The van der Waals surface area contributed by atoms with Gasteiger partial charge in [0, 0.05) is 22.4 Å². The maximum Gasteiger partial charge on any atom is 0.122 e. The second-order valence-corrected chi connectivity index (χ2v) is 6.14. The van der Waals surface area contributed by atoms with Gasteiger partial charge >= 0.3 is 0 Å². The van der Waals surface area contributed by atoms with Gasteiger partial charge in [-0.3, -0.25) is 0 Å². The molecular formula is C15H23NOS. The topological polar surface area (TPSA) is 35.2 Å². The highest BCUT2D eigenvalue weighted by Gasteiger charge is 2.15. The van der Waals surface area contributed by atoms with Crippen LogP contribution in [-0.4, -0.2) is 12.4 Å². The number of hydrogen-bond donors (Lipinski definition) is 1. The lowest BCUT2D eigenvalue weighted by Gasteiger charge is -2.11. The predicted octanol–water partition coefficient (Wildman–Crippen LogP) is 4.34. The molecule has 0 amide bonds. The molecule has 3 heteroatoms. The lowest BCUT2D eigenvalue weighted by atomic mass is 10.1. The third-order valence-corrected chi connectivity index (χ3v) is 4.54. The number of ether oxygens (including phenoxy) is 1. The molecule has 0 aliphatic heterocycles. The smallest absolute Gasteiger partial charge is 0.122 e. The van der Waals surface area contributed by atoms with Gasteiger partial charge < -0.3 is 10.5 Å². The van der Waals surface area contributed by atoms with Crippen molar-refractivity contribution in [2.24, 2.45) is 5.92 Å². The minimum atomic E-state index is 0.760. The van der Waals surface area contributed by atoms with Crippen molar-refractivity contribution in [3.05, 3.63) is 18.2 Å². The Morgan fingerprint density at radius 1 is 1.28 bits per heavy atom. The standard InChI is InChI=1S/C15H23NOS/c1-2-7-17-14-8-13(16)9-15(10-14)18-11-12-5-3-4-6-12/h8-10,12H,2-7,11,16H2,1H3. The largest absolute Gasteiger partial charge is 0.493 e. The van der Waals surface area contributed by atoms with Crippen LogP contribution in [0.15, 0.2) is 23.1 Å². The quantitative estimate of drug-likeness (QED) is 0.614. The highest BCUT2D eigenvalue weighted by Crippen LogP contribution is 2.33. The Balaban J connectivity index is 1.91. The molecule has 2 N–H and O–H groups in total. The minimum absolute atomic E-state index is 0.760. The number of benzene rings is 1. The monoisotopic (exact) mass is 265 g/mol. The summed E-state index contributed by atoms with van der Waals surface area (Å²) in [6.45, 7) is 2.87. The van der Waals surface area contributed by atoms with E-state index in [4.69, 9.17) is 10.5 Å². The van der Waals surface area contributed by atoms with Gasteiger partial charge in [-0.25, -0.2) is 0 Å². The minimum Gasteiger partial charge on any atom is -0.493 e. The zero-order chi connectivity index (χ0) is 12.8. The Kier molecular flexibility index (Phi) is 5.24. The van der Waals surface area contributed by atoms with Crippen LogP contribution in [0.1, 0.15) is 39.0 Å². The molecule has 0 saturated heterocycles. The Labute approximate surface area is 114 Å². The van der Waals surface area contributed by atoms with Crippen LogP contribution >= 0.6 is 11.8 Å². The fourth-order valence-electron chi connectivity index (χ4n) is 2.37. The predicted molar refractivity (Wildman–Crippen MR) is 79.3 cm³/mol. The number of rotatable bonds is 6. The molecule has 0 spiro atoms. The lowest BCUT2D eigenvalue weighted by molar-refractivity contribution is 0.317. The average molecular weight is 265 g/mol. The van der Waals surface area contributed by atoms with Crippen LogP contribution in [0.3, 0.4) is 0 Å². The molecule has 2 rings (SSSR count). The van der Waals surface area contributed by atoms with Crippen molar-refractivity contribution in [3.63, 3.8) is 0 Å². The summed E-state index contributed by atoms with van der Waals surface area (Å²) in [5.41, 5.74) is 6.72. The van der Waals surface area contributed by atoms with Gasteiger partial charge in [-0.15, -0.1) is 11.8 Å². The molecule has 1 fully saturated rings. The molecule has 0 bridgehead atoms. The molecule has 1 aromatic carbocycles. The molecule has 1 aliphatic rings. The number of thioether (sulfide) groups is 1. The van der Waals surface area contributed by atoms with Crippen molar-refractivity contribution < 1.29 is 4.74 Å². The lowest BCUT2D eigenvalue weighted by Crippen LogP contribution is -1.98. The molecule has 100 valence electrons. The van der Waals surface area contributed by atoms with Crippen LogP contribution in [0.2, 0.25) is 0 Å². The first kappa shape index (κ1) is 13.6. The van der Waals surface area contributed by atoms with E-state index in [2.05, 4.69) is 19.1 Å². The van der Waals surface area contributed by atoms with Gasteiger partial charge in [0.25, 0.3) is 0 Å². The number of nitrogens with two attached hydrogens (primary N) is 1. The Morgan fingerprint density at radius 2 is 2.06 bits per heavy atom. The van der Waals surface area contributed by atoms with E-state index in [0.29, 0.717) is 0 Å². The Bertz CT molecular complexity index is 375. The first-order chi connectivity index (χ1) is 8.78. The van der Waals surface area contributed by atoms with Crippen LogP contribution in [-0.2, 0) is 0 Å². The summed E-state index contributed by atoms with van der Waals surface area (Å²) < 4.78 is 5.66. The Hall–Kier alpha value is -0.830. The molecule has 0 aromatic heterocycles. The summed E-state index contributed by atoms with van der Waals surface area (Å²) in [7, 11) is 0. The van der Waals surface area contributed by atoms with E-state index in [1.807, 2.05) is 17.8 Å². The summed E-state index contributed by atoms with van der Waals surface area (Å²) in [5, 5.41) is 0. The van der Waals surface area contributed by atoms with E-state index in [1.54, 1.807) is 0 Å². The molecular weight excluding hydrogens is 242 g/mol. The third-order valence-electron chi connectivity index (χ3n) is 3.34. The highest BCUT2D eigenvalue weighted by molar-refractivity contribution is 7.99. The van der Waals surface area contributed by atoms with E-state index >= 15 is 0 Å². The highest BCUT2D eigenvalue weighted by atomic mass is 32.2. The van der Waals surface area contributed by atoms with Gasteiger partial charge in [-0.1, -0.05) is 19.8 Å². The molecule has 0 atom stereocenters. The first-order valence-electron chi connectivity index (χ1n) is 6.94. The van der Waals surface area contributed by atoms with E-state index in [1.165, 1.54) is 36.3 Å². The van der Waals surface area contributed by atoms with Crippen molar-refractivity contribution in [2.45, 2.75) is 43.9 Å². The van der Waals surface area contributed by atoms with Gasteiger partial charge in [0.15, 0.2) is 0 Å². The maximum absolute atomic E-state index is 5.92. The number of nitrogen functional groups attached to an aromatic ring is 1. The average Bonchev–Trinajstić information content (AvgIpc) is 2.86. The van der Waals surface area contributed by atoms with Gasteiger partial charge in [-0.05, 0) is 37.3 Å². The zero-order valence-corrected chi connectivity index (χ0v) is 12.0. The van der Waals surface area contributed by atoms with E-state index < -0.39 is 0 Å². The Morgan fingerprint density at radius 3 is 2.78 bits per heavy atom. The van der Waals surface area contributed by atoms with E-state index in [9.17, 15) is 0 Å². The summed E-state index contributed by atoms with van der Waals surface area (Å²) in [6, 6.07) is 6.08. The van der Waals surface area contributed by atoms with Crippen molar-refractivity contribution in [2.75, 3.05) is 18.1 Å². The van der Waals surface area contributed by atoms with Gasteiger partial charge in [-0.2, -0.15) is 0 Å². The third kappa shape index (κ3) is 4.13. The second-order valence-electron chi connectivity index (χ2n) is 5.05. The summed E-state index contributed by atoms with van der Waals surface area (Å²) in [5.74, 6) is 3.03. The van der Waals surface area contributed by atoms with E-state index in [0.717, 1.165) is 30.4 Å². The summed E-state index contributed by atoms with van der Waals surface area (Å²) >= 11 is 1.92. The first-order valence-corrected chi connectivity index (χ1v) is 7.92. The fourth-order valence-corrected chi connectivity index (χ4v) is 3.55. The second kappa shape index (κ2) is 6.93. The molecule has 0 radical (unpaired) electrons. The number of anilines is 1. The normalized spacial score (nSPS) is 16.1. The maximum atomic E-state index is 5.92. The van der Waals surface area contributed by atoms with Gasteiger partial charge in [0.1, 0.15) is 5.75 Å². The van der Waals surface area contributed by atoms with Gasteiger partial charge in [0.05, 0.1) is 6.61 Å². The molecule has 1 aromatic rings. The van der Waals surface area contributed by atoms with Crippen LogP contribution in [0.5, 0.6) is 5.75 Å². The van der Waals surface area contributed by atoms with Crippen LogP contribution in [0.4, 0.5) is 5.69 Å². The fraction of sp³-hybridized carbons (Fsp3) is 0.600.